The summed E-state index contributed by atoms with van der Waals surface area (Å²) in [6, 6.07) is 7.87. The van der Waals surface area contributed by atoms with Gasteiger partial charge in [-0.3, -0.25) is 14.2 Å². The predicted octanol–water partition coefficient (Wildman–Crippen LogP) is 6.12. The van der Waals surface area contributed by atoms with Crippen LogP contribution >= 0.6 is 0 Å². The van der Waals surface area contributed by atoms with E-state index in [0.29, 0.717) is 11.7 Å². The number of unbranched alkanes of at least 4 members (excludes halogenated alkanes) is 2. The topological polar surface area (TPSA) is 51.5 Å². The van der Waals surface area contributed by atoms with Crippen molar-refractivity contribution in [3.8, 4) is 5.75 Å². The van der Waals surface area contributed by atoms with Gasteiger partial charge in [0.2, 0.25) is 5.91 Å². The number of nitrogens with zero attached hydrogens (tertiary/aromatic N) is 2. The Bertz CT molecular complexity index is 997. The molecule has 2 aromatic rings. The first-order valence-electron chi connectivity index (χ1n) is 12.7. The Balaban J connectivity index is 1.97. The van der Waals surface area contributed by atoms with Crippen LogP contribution in [0.1, 0.15) is 90.5 Å². The quantitative estimate of drug-likeness (QED) is 0.406. The van der Waals surface area contributed by atoms with Gasteiger partial charge in [0.25, 0.3) is 5.56 Å². The molecule has 1 heterocycles. The Morgan fingerprint density at radius 1 is 1.12 bits per heavy atom. The number of fused-ring (bicyclic) bond motifs is 1. The van der Waals surface area contributed by atoms with Crippen LogP contribution in [0.25, 0.3) is 10.9 Å². The summed E-state index contributed by atoms with van der Waals surface area (Å²) in [4.78, 5) is 29.2. The van der Waals surface area contributed by atoms with Gasteiger partial charge in [0.05, 0.1) is 12.6 Å². The van der Waals surface area contributed by atoms with Gasteiger partial charge < -0.3 is 9.64 Å². The largest absolute Gasteiger partial charge is 0.497 e. The summed E-state index contributed by atoms with van der Waals surface area (Å²) < 4.78 is 7.14. The van der Waals surface area contributed by atoms with E-state index in [1.165, 1.54) is 12.8 Å². The molecule has 1 aliphatic carbocycles. The molecule has 1 amide bonds. The maximum absolute atomic E-state index is 13.7. The summed E-state index contributed by atoms with van der Waals surface area (Å²) in [5.41, 5.74) is 1.78. The van der Waals surface area contributed by atoms with Crippen molar-refractivity contribution in [2.24, 2.45) is 5.41 Å². The molecule has 1 fully saturated rings. The van der Waals surface area contributed by atoms with Gasteiger partial charge in [0.15, 0.2) is 0 Å². The zero-order chi connectivity index (χ0) is 24.0. The van der Waals surface area contributed by atoms with Crippen LogP contribution in [-0.2, 0) is 11.3 Å². The number of hydrogen-bond donors (Lipinski definition) is 0. The molecular weight excluding hydrogens is 412 g/mol. The highest BCUT2D eigenvalue weighted by Crippen LogP contribution is 2.34. The van der Waals surface area contributed by atoms with E-state index in [1.54, 1.807) is 11.7 Å². The van der Waals surface area contributed by atoms with Gasteiger partial charge >= 0.3 is 0 Å². The Labute approximate surface area is 199 Å². The molecule has 0 unspecified atom stereocenters. The monoisotopic (exact) mass is 454 g/mol. The van der Waals surface area contributed by atoms with Crippen molar-refractivity contribution in [1.29, 1.82) is 0 Å². The lowest BCUT2D eigenvalue weighted by Crippen LogP contribution is -2.39. The first-order valence-corrected chi connectivity index (χ1v) is 12.7. The van der Waals surface area contributed by atoms with Crippen molar-refractivity contribution in [3.05, 3.63) is 40.2 Å². The molecule has 0 atom stereocenters. The molecule has 5 heteroatoms. The fourth-order valence-corrected chi connectivity index (χ4v) is 4.81. The van der Waals surface area contributed by atoms with Crippen LogP contribution < -0.4 is 10.3 Å². The van der Waals surface area contributed by atoms with Crippen LogP contribution in [0.4, 0.5) is 0 Å². The number of rotatable bonds is 10. The van der Waals surface area contributed by atoms with E-state index >= 15 is 0 Å². The van der Waals surface area contributed by atoms with Gasteiger partial charge in [0.1, 0.15) is 12.3 Å². The average molecular weight is 455 g/mol. The summed E-state index contributed by atoms with van der Waals surface area (Å²) in [6.45, 7) is 10.4. The second kappa shape index (κ2) is 11.2. The fourth-order valence-electron chi connectivity index (χ4n) is 4.81. The third kappa shape index (κ3) is 6.61. The summed E-state index contributed by atoms with van der Waals surface area (Å²) >= 11 is 0. The maximum atomic E-state index is 13.7. The highest BCUT2D eigenvalue weighted by atomic mass is 16.5. The van der Waals surface area contributed by atoms with E-state index in [2.05, 4.69) is 27.7 Å². The molecule has 1 aliphatic rings. The molecular formula is C28H42N2O3. The highest BCUT2D eigenvalue weighted by molar-refractivity contribution is 5.84. The molecule has 0 N–H and O–H groups in total. The van der Waals surface area contributed by atoms with Gasteiger partial charge in [-0.2, -0.15) is 0 Å². The highest BCUT2D eigenvalue weighted by Gasteiger charge is 2.24. The molecule has 1 aromatic carbocycles. The smallest absolute Gasteiger partial charge is 0.255 e. The van der Waals surface area contributed by atoms with Gasteiger partial charge in [-0.25, -0.2) is 0 Å². The third-order valence-corrected chi connectivity index (χ3v) is 6.94. The van der Waals surface area contributed by atoms with Crippen molar-refractivity contribution < 1.29 is 9.53 Å². The SMILES string of the molecule is CCCCCN(CCC(C)(C)C)C(=O)Cn1c(=O)c(C2CCCC2)cc2ccc(OC)cc21. The number of methoxy groups -OCH3 is 1. The third-order valence-electron chi connectivity index (χ3n) is 6.94. The van der Waals surface area contributed by atoms with E-state index in [1.807, 2.05) is 29.2 Å². The zero-order valence-electron chi connectivity index (χ0n) is 21.3. The van der Waals surface area contributed by atoms with Crippen LogP contribution in [-0.4, -0.2) is 35.6 Å². The second-order valence-corrected chi connectivity index (χ2v) is 10.8. The normalized spacial score (nSPS) is 14.7. The van der Waals surface area contributed by atoms with Crippen LogP contribution in [0.3, 0.4) is 0 Å². The second-order valence-electron chi connectivity index (χ2n) is 10.8. The van der Waals surface area contributed by atoms with Gasteiger partial charge in [-0.05, 0) is 60.6 Å². The lowest BCUT2D eigenvalue weighted by Gasteiger charge is -2.28. The minimum atomic E-state index is -0.0136. The van der Waals surface area contributed by atoms with Crippen LogP contribution in [0.2, 0.25) is 0 Å². The number of hydrogen-bond acceptors (Lipinski definition) is 3. The molecule has 0 saturated heterocycles. The molecule has 3 rings (SSSR count). The van der Waals surface area contributed by atoms with Gasteiger partial charge in [0, 0.05) is 24.7 Å². The van der Waals surface area contributed by atoms with Crippen LogP contribution in [0, 0.1) is 5.41 Å². The molecule has 182 valence electrons. The molecule has 1 saturated carbocycles. The maximum Gasteiger partial charge on any atom is 0.255 e. The summed E-state index contributed by atoms with van der Waals surface area (Å²) in [5, 5.41) is 0.998. The lowest BCUT2D eigenvalue weighted by atomic mass is 9.92. The molecule has 0 radical (unpaired) electrons. The average Bonchev–Trinajstić information content (AvgIpc) is 3.31. The van der Waals surface area contributed by atoms with Gasteiger partial charge in [-0.1, -0.05) is 53.4 Å². The lowest BCUT2D eigenvalue weighted by molar-refractivity contribution is -0.132. The number of carbonyl (C=O) groups is 1. The van der Waals surface area contributed by atoms with E-state index in [0.717, 1.165) is 68.1 Å². The Hall–Kier alpha value is -2.30. The standard InChI is InChI=1S/C28H42N2O3/c1-6-7-10-16-29(17-15-28(2,3)4)26(31)20-30-25-19-23(33-5)14-13-22(25)18-24(27(30)32)21-11-8-9-12-21/h13-14,18-19,21H,6-12,15-17,20H2,1-5H3. The number of amides is 1. The van der Waals surface area contributed by atoms with E-state index in [9.17, 15) is 9.59 Å². The number of ether oxygens (including phenoxy) is 1. The van der Waals surface area contributed by atoms with E-state index in [4.69, 9.17) is 4.74 Å². The zero-order valence-corrected chi connectivity index (χ0v) is 21.3. The Morgan fingerprint density at radius 3 is 2.48 bits per heavy atom. The van der Waals surface area contributed by atoms with Crippen LogP contribution in [0.5, 0.6) is 5.75 Å². The summed E-state index contributed by atoms with van der Waals surface area (Å²) in [5.74, 6) is 1.03. The molecule has 0 aliphatic heterocycles. The molecule has 0 bridgehead atoms. The predicted molar refractivity (Wildman–Crippen MR) is 136 cm³/mol. The molecule has 0 spiro atoms. The molecule has 5 nitrogen and oxygen atoms in total. The van der Waals surface area contributed by atoms with Crippen molar-refractivity contribution >= 4 is 16.8 Å². The number of benzene rings is 1. The van der Waals surface area contributed by atoms with Crippen molar-refractivity contribution in [1.82, 2.24) is 9.47 Å². The number of aromatic nitrogens is 1. The van der Waals surface area contributed by atoms with Crippen molar-refractivity contribution in [2.75, 3.05) is 20.2 Å². The molecule has 1 aromatic heterocycles. The number of pyridine rings is 1. The van der Waals surface area contributed by atoms with Crippen LogP contribution in [0.15, 0.2) is 29.1 Å². The first-order chi connectivity index (χ1) is 15.7. The van der Waals surface area contributed by atoms with Gasteiger partial charge in [-0.15, -0.1) is 0 Å². The Kier molecular flexibility index (Phi) is 8.61. The minimum Gasteiger partial charge on any atom is -0.497 e. The number of carbonyl (C=O) groups excluding carboxylic acids is 1. The summed E-state index contributed by atoms with van der Waals surface area (Å²) in [6.07, 6.45) is 8.61. The first kappa shape index (κ1) is 25.3. The molecule has 33 heavy (non-hydrogen) atoms. The summed E-state index contributed by atoms with van der Waals surface area (Å²) in [7, 11) is 1.63. The van der Waals surface area contributed by atoms with E-state index < -0.39 is 0 Å². The van der Waals surface area contributed by atoms with Crippen molar-refractivity contribution in [2.45, 2.75) is 91.5 Å². The van der Waals surface area contributed by atoms with Crippen molar-refractivity contribution in [3.63, 3.8) is 0 Å². The minimum absolute atomic E-state index is 0.0136. The fraction of sp³-hybridized carbons (Fsp3) is 0.643. The van der Waals surface area contributed by atoms with E-state index in [-0.39, 0.29) is 23.4 Å². The Morgan fingerprint density at radius 2 is 1.85 bits per heavy atom.